The van der Waals surface area contributed by atoms with Gasteiger partial charge in [0.15, 0.2) is 0 Å². The van der Waals surface area contributed by atoms with E-state index in [9.17, 15) is 14.7 Å². The average Bonchev–Trinajstić information content (AvgIpc) is 3.26. The molecule has 2 heterocycles. The minimum Gasteiger partial charge on any atom is -0.505 e. The summed E-state index contributed by atoms with van der Waals surface area (Å²) < 4.78 is 10.2. The zero-order valence-corrected chi connectivity index (χ0v) is 19.5. The Balaban J connectivity index is 1.38. The predicted octanol–water partition coefficient (Wildman–Crippen LogP) is 4.29. The van der Waals surface area contributed by atoms with Crippen molar-refractivity contribution in [3.8, 4) is 11.4 Å². The molecule has 5 rings (SSSR count). The number of para-hydroxylation sites is 1. The molecule has 0 spiro atoms. The van der Waals surface area contributed by atoms with Gasteiger partial charge in [0.1, 0.15) is 28.9 Å². The van der Waals surface area contributed by atoms with Crippen molar-refractivity contribution < 1.29 is 24.2 Å². The molecule has 0 atom stereocenters. The monoisotopic (exact) mass is 492 g/mol. The summed E-state index contributed by atoms with van der Waals surface area (Å²) in [6.07, 6.45) is -1.42. The predicted molar refractivity (Wildman–Crippen MR) is 128 cm³/mol. The number of rotatable bonds is 6. The van der Waals surface area contributed by atoms with Gasteiger partial charge in [-0.25, -0.2) is 0 Å². The third-order valence-electron chi connectivity index (χ3n) is 5.70. The quantitative estimate of drug-likeness (QED) is 0.314. The normalized spacial score (nSPS) is 14.1. The lowest BCUT2D eigenvalue weighted by atomic mass is 10.1. The molecule has 4 aromatic rings. The van der Waals surface area contributed by atoms with Gasteiger partial charge < -0.3 is 19.5 Å². The maximum atomic E-state index is 11.5. The molecule has 0 aliphatic carbocycles. The molecular formula is C25H21ClN4O5. The van der Waals surface area contributed by atoms with E-state index < -0.39 is 18.2 Å². The Morgan fingerprint density at radius 3 is 2.46 bits per heavy atom. The van der Waals surface area contributed by atoms with E-state index in [2.05, 4.69) is 15.1 Å². The second kappa shape index (κ2) is 9.27. The summed E-state index contributed by atoms with van der Waals surface area (Å²) in [6, 6.07) is 17.9. The van der Waals surface area contributed by atoms with Crippen LogP contribution in [0.15, 0.2) is 60.7 Å². The third-order valence-corrected chi connectivity index (χ3v) is 5.93. The first-order chi connectivity index (χ1) is 16.9. The number of carbonyl (C=O) groups is 2. The molecule has 1 fully saturated rings. The minimum absolute atomic E-state index is 0.0787. The van der Waals surface area contributed by atoms with Gasteiger partial charge in [-0.3, -0.25) is 9.59 Å². The first kappa shape index (κ1) is 22.7. The van der Waals surface area contributed by atoms with Gasteiger partial charge in [0.05, 0.1) is 0 Å². The van der Waals surface area contributed by atoms with Crippen LogP contribution < -0.4 is 4.90 Å². The Morgan fingerprint density at radius 2 is 1.74 bits per heavy atom. The van der Waals surface area contributed by atoms with Crippen molar-refractivity contribution in [2.45, 2.75) is 26.2 Å². The van der Waals surface area contributed by atoms with Crippen LogP contribution in [0.25, 0.3) is 16.7 Å². The van der Waals surface area contributed by atoms with Crippen molar-refractivity contribution in [1.29, 1.82) is 0 Å². The topological polar surface area (TPSA) is 107 Å². The number of ether oxygens (including phenoxy) is 2. The van der Waals surface area contributed by atoms with Crippen LogP contribution in [0.5, 0.6) is 5.75 Å². The molecular weight excluding hydrogens is 472 g/mol. The largest absolute Gasteiger partial charge is 0.505 e. The number of nitrogens with zero attached hydrogens (tertiary/aromatic N) is 4. The molecule has 0 amide bonds. The molecule has 1 aliphatic heterocycles. The molecule has 9 nitrogen and oxygen atoms in total. The van der Waals surface area contributed by atoms with Crippen molar-refractivity contribution >= 4 is 40.3 Å². The fraction of sp³-hybridized carbons (Fsp3) is 0.200. The number of esters is 2. The summed E-state index contributed by atoms with van der Waals surface area (Å²) in [4.78, 5) is 26.5. The Kier molecular flexibility index (Phi) is 6.00. The number of hydrogen-bond donors (Lipinski definition) is 1. The fourth-order valence-corrected chi connectivity index (χ4v) is 4.06. The van der Waals surface area contributed by atoms with Crippen LogP contribution in [-0.2, 0) is 25.6 Å². The zero-order chi connectivity index (χ0) is 24.5. The first-order valence-corrected chi connectivity index (χ1v) is 11.4. The van der Waals surface area contributed by atoms with E-state index in [1.54, 1.807) is 36.4 Å². The highest BCUT2D eigenvalue weighted by atomic mass is 35.5. The number of aromatic hydroxyl groups is 1. The molecule has 1 N–H and O–H groups in total. The molecule has 3 aromatic carbocycles. The minimum atomic E-state index is -1.04. The van der Waals surface area contributed by atoms with Gasteiger partial charge in [-0.15, -0.1) is 15.0 Å². The zero-order valence-electron chi connectivity index (χ0n) is 18.7. The van der Waals surface area contributed by atoms with Gasteiger partial charge in [-0.1, -0.05) is 23.7 Å². The molecule has 1 saturated heterocycles. The van der Waals surface area contributed by atoms with Crippen molar-refractivity contribution in [3.05, 3.63) is 76.8 Å². The number of phenolic OH excluding ortho intramolecular Hbond substituents is 1. The number of benzene rings is 3. The molecule has 0 unspecified atom stereocenters. The summed E-state index contributed by atoms with van der Waals surface area (Å²) in [7, 11) is 0. The second-order valence-electron chi connectivity index (χ2n) is 8.00. The Morgan fingerprint density at radius 1 is 1.03 bits per heavy atom. The van der Waals surface area contributed by atoms with Crippen molar-refractivity contribution in [2.75, 3.05) is 11.4 Å². The van der Waals surface area contributed by atoms with Crippen LogP contribution in [0.3, 0.4) is 0 Å². The van der Waals surface area contributed by atoms with Gasteiger partial charge in [0.2, 0.25) is 0 Å². The molecule has 10 heteroatoms. The van der Waals surface area contributed by atoms with Gasteiger partial charge >= 0.3 is 11.9 Å². The fourth-order valence-electron chi connectivity index (χ4n) is 3.90. The summed E-state index contributed by atoms with van der Waals surface area (Å²) >= 11 is 6.05. The molecule has 0 radical (unpaired) electrons. The average molecular weight is 493 g/mol. The summed E-state index contributed by atoms with van der Waals surface area (Å²) in [5, 5.41) is 20.5. The lowest BCUT2D eigenvalue weighted by molar-refractivity contribution is -0.204. The van der Waals surface area contributed by atoms with Crippen molar-refractivity contribution in [2.24, 2.45) is 0 Å². The molecule has 0 saturated carbocycles. The number of halogens is 1. The first-order valence-electron chi connectivity index (χ1n) is 11.0. The number of phenols is 1. The number of aromatic nitrogens is 3. The van der Waals surface area contributed by atoms with Crippen LogP contribution >= 0.6 is 11.6 Å². The van der Waals surface area contributed by atoms with Gasteiger partial charge in [0.25, 0.3) is 6.29 Å². The molecule has 35 heavy (non-hydrogen) atoms. The van der Waals surface area contributed by atoms with E-state index in [1.807, 2.05) is 31.2 Å². The van der Waals surface area contributed by atoms with E-state index in [0.717, 1.165) is 5.69 Å². The van der Waals surface area contributed by atoms with Crippen LogP contribution in [0.1, 0.15) is 30.8 Å². The number of anilines is 1. The van der Waals surface area contributed by atoms with Crippen molar-refractivity contribution in [3.63, 3.8) is 0 Å². The van der Waals surface area contributed by atoms with Gasteiger partial charge in [-0.2, -0.15) is 0 Å². The van der Waals surface area contributed by atoms with Crippen LogP contribution in [-0.4, -0.2) is 38.6 Å². The Bertz CT molecular complexity index is 1400. The number of fused-ring (bicyclic) bond motifs is 1. The second-order valence-corrected chi connectivity index (χ2v) is 8.44. The highest BCUT2D eigenvalue weighted by Crippen LogP contribution is 2.30. The number of hydrogen-bond acceptors (Lipinski definition) is 8. The molecule has 0 bridgehead atoms. The van der Waals surface area contributed by atoms with E-state index in [4.69, 9.17) is 21.1 Å². The van der Waals surface area contributed by atoms with Crippen LogP contribution in [0.4, 0.5) is 5.69 Å². The molecule has 1 aliphatic rings. The van der Waals surface area contributed by atoms with Crippen LogP contribution in [0.2, 0.25) is 5.02 Å². The van der Waals surface area contributed by atoms with E-state index in [-0.39, 0.29) is 12.2 Å². The van der Waals surface area contributed by atoms with Crippen molar-refractivity contribution in [1.82, 2.24) is 15.0 Å². The van der Waals surface area contributed by atoms with E-state index in [1.165, 1.54) is 4.80 Å². The van der Waals surface area contributed by atoms with Gasteiger partial charge in [0, 0.05) is 34.9 Å². The maximum absolute atomic E-state index is 11.5. The standard InChI is InChI=1S/C25H21ClN4O5/c1-2-29(18-9-6-15(7-10-18)25-34-22(31)13-23(32)35-25)14-16-4-3-5-21(24(16)33)30-27-19-11-8-17(26)12-20(19)28-30/h3-12,25,33H,2,13-14H2,1H3. The van der Waals surface area contributed by atoms with Gasteiger partial charge in [-0.05, 0) is 55.5 Å². The number of carbonyl (C=O) groups excluding carboxylic acids is 2. The smallest absolute Gasteiger partial charge is 0.320 e. The highest BCUT2D eigenvalue weighted by Gasteiger charge is 2.29. The highest BCUT2D eigenvalue weighted by molar-refractivity contribution is 6.31. The van der Waals surface area contributed by atoms with Crippen LogP contribution in [0, 0.1) is 0 Å². The summed E-state index contributed by atoms with van der Waals surface area (Å²) in [6.45, 7) is 3.10. The lowest BCUT2D eigenvalue weighted by Gasteiger charge is -2.26. The van der Waals surface area contributed by atoms with E-state index in [0.29, 0.717) is 46.0 Å². The lowest BCUT2D eigenvalue weighted by Crippen LogP contribution is -2.27. The Hall–Kier alpha value is -4.11. The van der Waals surface area contributed by atoms with E-state index >= 15 is 0 Å². The summed E-state index contributed by atoms with van der Waals surface area (Å²) in [5.74, 6) is -1.14. The molecule has 178 valence electrons. The Labute approximate surface area is 205 Å². The maximum Gasteiger partial charge on any atom is 0.320 e. The number of cyclic esters (lactones) is 2. The third kappa shape index (κ3) is 4.63. The molecule has 1 aromatic heterocycles. The SMILES string of the molecule is CCN(Cc1cccc(-n2nc3ccc(Cl)cc3n2)c1O)c1ccc(C2OC(=O)CC(=O)O2)cc1. The summed E-state index contributed by atoms with van der Waals surface area (Å²) in [5.41, 5.74) is 3.90.